The van der Waals surface area contributed by atoms with Gasteiger partial charge in [-0.3, -0.25) is 19.7 Å². The van der Waals surface area contributed by atoms with Gasteiger partial charge in [-0.2, -0.15) is 0 Å². The summed E-state index contributed by atoms with van der Waals surface area (Å²) < 4.78 is 28.4. The largest absolute Gasteiger partial charge is 0.348 e. The van der Waals surface area contributed by atoms with Crippen LogP contribution in [0.15, 0.2) is 77.7 Å². The number of aromatic amines is 1. The summed E-state index contributed by atoms with van der Waals surface area (Å²) >= 11 is 0. The van der Waals surface area contributed by atoms with E-state index in [1.807, 2.05) is 0 Å². The van der Waals surface area contributed by atoms with E-state index in [4.69, 9.17) is 0 Å². The van der Waals surface area contributed by atoms with Crippen LogP contribution in [0.2, 0.25) is 0 Å². The number of nitrogens with zero attached hydrogens (tertiary/aromatic N) is 2. The first kappa shape index (κ1) is 19.6. The smallest absolute Gasteiger partial charge is 0.280 e. The first-order valence-electron chi connectivity index (χ1n) is 9.82. The minimum atomic E-state index is -0.406. The summed E-state index contributed by atoms with van der Waals surface area (Å²) in [5.74, 6) is -1.18. The van der Waals surface area contributed by atoms with Gasteiger partial charge in [-0.05, 0) is 48.5 Å². The maximum atomic E-state index is 13.8. The van der Waals surface area contributed by atoms with Crippen LogP contribution in [-0.2, 0) is 6.54 Å². The van der Waals surface area contributed by atoms with Gasteiger partial charge in [0.15, 0.2) is 0 Å². The van der Waals surface area contributed by atoms with Gasteiger partial charge >= 0.3 is 0 Å². The van der Waals surface area contributed by atoms with Crippen LogP contribution in [0.4, 0.5) is 8.78 Å². The van der Waals surface area contributed by atoms with Gasteiger partial charge in [-0.1, -0.05) is 18.2 Å². The van der Waals surface area contributed by atoms with Gasteiger partial charge in [0, 0.05) is 29.3 Å². The van der Waals surface area contributed by atoms with E-state index < -0.39 is 11.6 Å². The average Bonchev–Trinajstić information content (AvgIpc) is 3.15. The predicted molar refractivity (Wildman–Crippen MR) is 117 cm³/mol. The summed E-state index contributed by atoms with van der Waals surface area (Å²) in [6.45, 7) is 0.0454. The molecule has 5 rings (SSSR count). The minimum absolute atomic E-state index is 0.0454. The van der Waals surface area contributed by atoms with Crippen LogP contribution in [0.5, 0.6) is 0 Å². The van der Waals surface area contributed by atoms with Crippen molar-refractivity contribution in [1.29, 1.82) is 0 Å². The Morgan fingerprint density at radius 3 is 2.56 bits per heavy atom. The first-order chi connectivity index (χ1) is 15.5. The Labute approximate surface area is 180 Å². The lowest BCUT2D eigenvalue weighted by Crippen LogP contribution is -2.23. The molecular formula is C24H16F2N4O2. The van der Waals surface area contributed by atoms with Crippen molar-refractivity contribution in [3.8, 4) is 5.69 Å². The van der Waals surface area contributed by atoms with Crippen LogP contribution < -0.4 is 10.9 Å². The average molecular weight is 430 g/mol. The van der Waals surface area contributed by atoms with Crippen molar-refractivity contribution >= 4 is 27.7 Å². The quantitative estimate of drug-likeness (QED) is 0.451. The molecule has 0 saturated heterocycles. The molecule has 0 fully saturated rings. The Morgan fingerprint density at radius 1 is 1.00 bits per heavy atom. The standard InChI is InChI=1S/C24H16F2N4O2/c25-16-6-8-17(9-7-16)30-24(32)19-13-27-21-10-5-14(11-18(21)22(19)29-30)23(31)28-12-15-3-1-2-4-20(15)26/h1-11,13,29H,12H2,(H,28,31). The van der Waals surface area contributed by atoms with Gasteiger partial charge in [-0.15, -0.1) is 0 Å². The van der Waals surface area contributed by atoms with E-state index in [9.17, 15) is 18.4 Å². The van der Waals surface area contributed by atoms with Crippen LogP contribution in [-0.4, -0.2) is 20.7 Å². The van der Waals surface area contributed by atoms with Crippen molar-refractivity contribution in [3.63, 3.8) is 0 Å². The summed E-state index contributed by atoms with van der Waals surface area (Å²) in [5.41, 5.74) is 1.96. The van der Waals surface area contributed by atoms with E-state index in [1.54, 1.807) is 36.4 Å². The van der Waals surface area contributed by atoms with Gasteiger partial charge in [-0.25, -0.2) is 13.5 Å². The van der Waals surface area contributed by atoms with Gasteiger partial charge in [0.2, 0.25) is 0 Å². The minimum Gasteiger partial charge on any atom is -0.348 e. The number of pyridine rings is 1. The molecule has 6 nitrogen and oxygen atoms in total. The first-order valence-corrected chi connectivity index (χ1v) is 9.82. The number of benzene rings is 3. The molecule has 2 N–H and O–H groups in total. The molecule has 0 radical (unpaired) electrons. The fraction of sp³-hybridized carbons (Fsp3) is 0.0417. The van der Waals surface area contributed by atoms with E-state index in [1.165, 1.54) is 41.2 Å². The van der Waals surface area contributed by atoms with Crippen LogP contribution in [0.3, 0.4) is 0 Å². The number of aromatic nitrogens is 3. The zero-order chi connectivity index (χ0) is 22.2. The van der Waals surface area contributed by atoms with Crippen molar-refractivity contribution in [2.24, 2.45) is 0 Å². The Hall–Kier alpha value is -4.33. The SMILES string of the molecule is O=C(NCc1ccccc1F)c1ccc2ncc3c(=O)n(-c4ccc(F)cc4)[nH]c3c2c1. The second-order valence-corrected chi connectivity index (χ2v) is 7.28. The highest BCUT2D eigenvalue weighted by atomic mass is 19.1. The Kier molecular flexibility index (Phi) is 4.74. The molecule has 1 amide bonds. The molecule has 0 unspecified atom stereocenters. The summed E-state index contributed by atoms with van der Waals surface area (Å²) in [4.78, 5) is 29.8. The van der Waals surface area contributed by atoms with Crippen LogP contribution >= 0.6 is 0 Å². The number of amides is 1. The summed E-state index contributed by atoms with van der Waals surface area (Å²) in [5, 5.41) is 6.66. The number of carbonyl (C=O) groups is 1. The number of carbonyl (C=O) groups excluding carboxylic acids is 1. The van der Waals surface area contributed by atoms with Gasteiger partial charge in [0.05, 0.1) is 22.1 Å². The normalized spacial score (nSPS) is 11.2. The number of halogens is 2. The third-order valence-corrected chi connectivity index (χ3v) is 5.27. The maximum absolute atomic E-state index is 13.8. The Morgan fingerprint density at radius 2 is 1.78 bits per heavy atom. The third-order valence-electron chi connectivity index (χ3n) is 5.27. The molecule has 0 aliphatic rings. The molecule has 158 valence electrons. The molecule has 0 atom stereocenters. The Bertz CT molecular complexity index is 1540. The molecule has 2 aromatic heterocycles. The lowest BCUT2D eigenvalue weighted by Gasteiger charge is -2.07. The molecule has 0 saturated carbocycles. The zero-order valence-electron chi connectivity index (χ0n) is 16.6. The van der Waals surface area contributed by atoms with Crippen molar-refractivity contribution in [2.75, 3.05) is 0 Å². The number of H-pyrrole nitrogens is 1. The highest BCUT2D eigenvalue weighted by Gasteiger charge is 2.14. The second kappa shape index (κ2) is 7.73. The maximum Gasteiger partial charge on any atom is 0.280 e. The number of hydrogen-bond donors (Lipinski definition) is 2. The van der Waals surface area contributed by atoms with Crippen LogP contribution in [0.1, 0.15) is 15.9 Å². The van der Waals surface area contributed by atoms with Gasteiger partial charge in [0.1, 0.15) is 11.6 Å². The number of nitrogens with one attached hydrogen (secondary N) is 2. The molecule has 0 bridgehead atoms. The number of fused-ring (bicyclic) bond motifs is 3. The van der Waals surface area contributed by atoms with Crippen molar-refractivity contribution in [1.82, 2.24) is 20.1 Å². The molecule has 8 heteroatoms. The van der Waals surface area contributed by atoms with Crippen LogP contribution in [0, 0.1) is 11.6 Å². The predicted octanol–water partition coefficient (Wildman–Crippen LogP) is 4.08. The van der Waals surface area contributed by atoms with E-state index in [0.29, 0.717) is 38.6 Å². The topological polar surface area (TPSA) is 79.8 Å². The molecule has 32 heavy (non-hydrogen) atoms. The zero-order valence-corrected chi connectivity index (χ0v) is 16.6. The van der Waals surface area contributed by atoms with Gasteiger partial charge < -0.3 is 5.32 Å². The lowest BCUT2D eigenvalue weighted by atomic mass is 10.1. The highest BCUT2D eigenvalue weighted by molar-refractivity contribution is 6.06. The van der Waals surface area contributed by atoms with Crippen molar-refractivity contribution in [3.05, 3.63) is 106 Å². The summed E-state index contributed by atoms with van der Waals surface area (Å²) in [6, 6.07) is 16.7. The van der Waals surface area contributed by atoms with E-state index >= 15 is 0 Å². The molecule has 0 spiro atoms. The number of hydrogen-bond acceptors (Lipinski definition) is 3. The third kappa shape index (κ3) is 3.41. The summed E-state index contributed by atoms with van der Waals surface area (Å²) in [7, 11) is 0. The molecule has 0 aliphatic carbocycles. The monoisotopic (exact) mass is 430 g/mol. The highest BCUT2D eigenvalue weighted by Crippen LogP contribution is 2.22. The molecule has 3 aromatic carbocycles. The van der Waals surface area contributed by atoms with Crippen molar-refractivity contribution in [2.45, 2.75) is 6.54 Å². The second-order valence-electron chi connectivity index (χ2n) is 7.28. The number of rotatable bonds is 4. The van der Waals surface area contributed by atoms with E-state index in [0.717, 1.165) is 0 Å². The molecule has 2 heterocycles. The van der Waals surface area contributed by atoms with E-state index in [2.05, 4.69) is 15.4 Å². The Balaban J connectivity index is 1.53. The van der Waals surface area contributed by atoms with Crippen molar-refractivity contribution < 1.29 is 13.6 Å². The fourth-order valence-corrected chi connectivity index (χ4v) is 3.59. The molecular weight excluding hydrogens is 414 g/mol. The van der Waals surface area contributed by atoms with E-state index in [-0.39, 0.29) is 18.0 Å². The fourth-order valence-electron chi connectivity index (χ4n) is 3.59. The van der Waals surface area contributed by atoms with Crippen LogP contribution in [0.25, 0.3) is 27.5 Å². The summed E-state index contributed by atoms with van der Waals surface area (Å²) in [6.07, 6.45) is 1.47. The molecule has 0 aliphatic heterocycles. The molecule has 5 aromatic rings. The van der Waals surface area contributed by atoms with Gasteiger partial charge in [0.25, 0.3) is 11.5 Å². The lowest BCUT2D eigenvalue weighted by molar-refractivity contribution is 0.0950.